The van der Waals surface area contributed by atoms with Gasteiger partial charge in [-0.3, -0.25) is 0 Å². The van der Waals surface area contributed by atoms with E-state index in [9.17, 15) is 17.2 Å². The predicted molar refractivity (Wildman–Crippen MR) is 119 cm³/mol. The third-order valence-corrected chi connectivity index (χ3v) is 6.81. The lowest BCUT2D eigenvalue weighted by Gasteiger charge is -2.13. The summed E-state index contributed by atoms with van der Waals surface area (Å²) < 4.78 is 53.8. The van der Waals surface area contributed by atoms with Crippen LogP contribution in [-0.2, 0) is 10.0 Å². The number of fused-ring (bicyclic) bond motifs is 1. The van der Waals surface area contributed by atoms with Gasteiger partial charge in [-0.2, -0.15) is 9.19 Å². The highest BCUT2D eigenvalue weighted by Crippen LogP contribution is 2.29. The van der Waals surface area contributed by atoms with E-state index in [1.54, 1.807) is 39.8 Å². The Morgan fingerprint density at radius 3 is 2.45 bits per heavy atom. The molecule has 4 aromatic rings. The summed E-state index contributed by atoms with van der Waals surface area (Å²) in [6.45, 7) is 6.74. The Morgan fingerprint density at radius 1 is 1.03 bits per heavy atom. The highest BCUT2D eigenvalue weighted by atomic mass is 32.2. The Hall–Kier alpha value is -3.48. The van der Waals surface area contributed by atoms with Gasteiger partial charge in [-0.1, -0.05) is 0 Å². The summed E-state index contributed by atoms with van der Waals surface area (Å²) >= 11 is 0. The van der Waals surface area contributed by atoms with Crippen molar-refractivity contribution in [2.75, 3.05) is 5.32 Å². The van der Waals surface area contributed by atoms with E-state index in [2.05, 4.69) is 30.4 Å². The van der Waals surface area contributed by atoms with Crippen molar-refractivity contribution in [1.29, 1.82) is 0 Å². The van der Waals surface area contributed by atoms with Gasteiger partial charge >= 0.3 is 0 Å². The van der Waals surface area contributed by atoms with Crippen molar-refractivity contribution in [1.82, 2.24) is 33.7 Å². The Bertz CT molecular complexity index is 1410. The lowest BCUT2D eigenvalue weighted by molar-refractivity contribution is 0.134. The minimum atomic E-state index is -3.60. The molecule has 0 bridgehead atoms. The van der Waals surface area contributed by atoms with Crippen LogP contribution in [0.4, 0.5) is 20.4 Å². The van der Waals surface area contributed by atoms with Crippen LogP contribution >= 0.6 is 0 Å². The Labute approximate surface area is 188 Å². The quantitative estimate of drug-likeness (QED) is 0.426. The molecule has 0 aromatic carbocycles. The molecule has 0 radical (unpaired) electrons. The molecule has 0 aliphatic carbocycles. The van der Waals surface area contributed by atoms with Crippen LogP contribution in [0.5, 0.6) is 0 Å². The molecular weight excluding hydrogens is 454 g/mol. The second-order valence-electron chi connectivity index (χ2n) is 7.88. The Morgan fingerprint density at radius 2 is 1.79 bits per heavy atom. The van der Waals surface area contributed by atoms with Gasteiger partial charge in [0.25, 0.3) is 16.4 Å². The number of halogens is 2. The fourth-order valence-corrected chi connectivity index (χ4v) is 4.13. The fraction of sp³-hybridized carbons (Fsp3) is 0.350. The van der Waals surface area contributed by atoms with E-state index >= 15 is 0 Å². The number of hydrogen-bond acceptors (Lipinski definition) is 8. The molecule has 10 nitrogen and oxygen atoms in total. The molecule has 0 saturated heterocycles. The zero-order valence-corrected chi connectivity index (χ0v) is 19.1. The number of hydrogen-bond donors (Lipinski definition) is 1. The largest absolute Gasteiger partial charge is 0.325 e. The summed E-state index contributed by atoms with van der Waals surface area (Å²) in [5, 5.41) is 6.32. The molecule has 4 heterocycles. The van der Waals surface area contributed by atoms with Crippen LogP contribution in [0.3, 0.4) is 0 Å². The van der Waals surface area contributed by atoms with Crippen LogP contribution < -0.4 is 5.32 Å². The summed E-state index contributed by atoms with van der Waals surface area (Å²) in [5.74, 6) is 0.721. The van der Waals surface area contributed by atoms with Crippen molar-refractivity contribution in [2.45, 2.75) is 45.4 Å². The monoisotopic (exact) mass is 476 g/mol. The normalized spacial score (nSPS) is 12.4. The summed E-state index contributed by atoms with van der Waals surface area (Å²) in [6.07, 6.45) is 2.94. The van der Waals surface area contributed by atoms with Crippen molar-refractivity contribution in [3.8, 4) is 11.4 Å². The molecule has 0 atom stereocenters. The summed E-state index contributed by atoms with van der Waals surface area (Å²) in [6, 6.07) is 3.01. The maximum atomic E-state index is 13.4. The maximum absolute atomic E-state index is 13.4. The van der Waals surface area contributed by atoms with Crippen LogP contribution in [0, 0.1) is 0 Å². The smallest absolute Gasteiger partial charge is 0.295 e. The van der Waals surface area contributed by atoms with Crippen molar-refractivity contribution in [2.24, 2.45) is 0 Å². The number of nitrogens with zero attached hydrogens (tertiary/aromatic N) is 7. The number of rotatable bonds is 7. The zero-order valence-electron chi connectivity index (χ0n) is 18.3. The average Bonchev–Trinajstić information content (AvgIpc) is 3.39. The highest BCUT2D eigenvalue weighted by molar-refractivity contribution is 7.90. The van der Waals surface area contributed by atoms with Gasteiger partial charge in [0, 0.05) is 18.3 Å². The third-order valence-electron chi connectivity index (χ3n) is 4.90. The van der Waals surface area contributed by atoms with Crippen molar-refractivity contribution < 1.29 is 17.2 Å². The second-order valence-corrected chi connectivity index (χ2v) is 10.2. The van der Waals surface area contributed by atoms with E-state index in [0.29, 0.717) is 28.2 Å². The Kier molecular flexibility index (Phi) is 5.82. The molecule has 1 N–H and O–H groups in total. The van der Waals surface area contributed by atoms with E-state index < -0.39 is 21.7 Å². The molecule has 13 heteroatoms. The first-order valence-electron chi connectivity index (χ1n) is 10.1. The molecule has 0 amide bonds. The van der Waals surface area contributed by atoms with Gasteiger partial charge in [0.2, 0.25) is 0 Å². The predicted octanol–water partition coefficient (Wildman–Crippen LogP) is 3.93. The Balaban J connectivity index is 1.65. The highest BCUT2D eigenvalue weighted by Gasteiger charge is 2.22. The van der Waals surface area contributed by atoms with Gasteiger partial charge < -0.3 is 9.88 Å². The van der Waals surface area contributed by atoms with Gasteiger partial charge in [-0.15, -0.1) is 0 Å². The molecular formula is C20H22F2N8O2S. The summed E-state index contributed by atoms with van der Waals surface area (Å²) in [5.41, 5.74) is 1.31. The first-order valence-corrected chi connectivity index (χ1v) is 11.6. The molecule has 0 aliphatic heterocycles. The van der Waals surface area contributed by atoms with Crippen LogP contribution in [0.25, 0.3) is 22.4 Å². The fourth-order valence-electron chi connectivity index (χ4n) is 3.26. The minimum absolute atomic E-state index is 0.224. The van der Waals surface area contributed by atoms with Gasteiger partial charge in [0.15, 0.2) is 11.6 Å². The average molecular weight is 477 g/mol. The van der Waals surface area contributed by atoms with E-state index in [1.807, 2.05) is 0 Å². The molecule has 0 unspecified atom stereocenters. The van der Waals surface area contributed by atoms with Gasteiger partial charge in [0.05, 0.1) is 34.9 Å². The standard InChI is InChI=1S/C20H22F2N8O2S/c1-11(2)30-15-7-17(24-9-14(15)26-20(30)18(21)22)27-16-5-6-23-19(28-16)13-8-25-29(10-13)33(31,32)12(3)4/h5-12,18H,1-4H3,(H,23,24,27,28). The number of alkyl halides is 2. The lowest BCUT2D eigenvalue weighted by atomic mass is 10.3. The molecule has 0 fully saturated rings. The van der Waals surface area contributed by atoms with Crippen LogP contribution in [0.2, 0.25) is 0 Å². The molecule has 0 spiro atoms. The summed E-state index contributed by atoms with van der Waals surface area (Å²) in [7, 11) is -3.60. The number of pyridine rings is 1. The van der Waals surface area contributed by atoms with E-state index in [-0.39, 0.29) is 17.7 Å². The number of anilines is 2. The van der Waals surface area contributed by atoms with Crippen molar-refractivity contribution in [3.63, 3.8) is 0 Å². The number of aromatic nitrogens is 7. The third kappa shape index (κ3) is 4.27. The van der Waals surface area contributed by atoms with E-state index in [1.165, 1.54) is 29.4 Å². The first-order chi connectivity index (χ1) is 15.6. The zero-order chi connectivity index (χ0) is 23.9. The minimum Gasteiger partial charge on any atom is -0.325 e. The van der Waals surface area contributed by atoms with Crippen LogP contribution in [-0.4, -0.2) is 47.4 Å². The topological polar surface area (TPSA) is 120 Å². The van der Waals surface area contributed by atoms with E-state index in [4.69, 9.17) is 0 Å². The van der Waals surface area contributed by atoms with Crippen molar-refractivity contribution in [3.05, 3.63) is 42.7 Å². The van der Waals surface area contributed by atoms with Gasteiger partial charge in [-0.05, 0) is 33.8 Å². The van der Waals surface area contributed by atoms with Crippen molar-refractivity contribution >= 4 is 32.7 Å². The maximum Gasteiger partial charge on any atom is 0.295 e. The van der Waals surface area contributed by atoms with E-state index in [0.717, 1.165) is 4.09 Å². The van der Waals surface area contributed by atoms with Crippen LogP contribution in [0.15, 0.2) is 36.9 Å². The molecule has 33 heavy (non-hydrogen) atoms. The number of nitrogens with one attached hydrogen (secondary N) is 1. The number of imidazole rings is 1. The lowest BCUT2D eigenvalue weighted by Crippen LogP contribution is -2.22. The molecule has 0 saturated carbocycles. The van der Waals surface area contributed by atoms with Gasteiger partial charge in [0.1, 0.15) is 17.2 Å². The summed E-state index contributed by atoms with van der Waals surface area (Å²) in [4.78, 5) is 16.8. The van der Waals surface area contributed by atoms with Gasteiger partial charge in [-0.25, -0.2) is 37.1 Å². The molecule has 4 rings (SSSR count). The van der Waals surface area contributed by atoms with Crippen LogP contribution in [0.1, 0.15) is 46.0 Å². The molecule has 174 valence electrons. The molecule has 4 aromatic heterocycles. The first kappa shape index (κ1) is 22.7. The SMILES string of the molecule is CC(C)n1c(C(F)F)nc2cnc(Nc3ccnc(-c4cnn(S(=O)(=O)C(C)C)c4)n3)cc21. The second kappa shape index (κ2) is 8.46. The molecule has 0 aliphatic rings.